The molecule has 0 saturated heterocycles. The molecule has 2 atom stereocenters. The van der Waals surface area contributed by atoms with E-state index in [2.05, 4.69) is 38.6 Å². The first-order chi connectivity index (χ1) is 35.2. The van der Waals surface area contributed by atoms with Crippen LogP contribution < -0.4 is 36.4 Å². The summed E-state index contributed by atoms with van der Waals surface area (Å²) < 4.78 is 55.2. The number of halogens is 8. The SMILES string of the molecule is CC(C)OC(=O)c1cc(-n2c(=O)cc(C(F)(F)F)n(C)c2=O)ccc1Cl.CC1COc2ccccc2N1C(=O)C(Cl)Cl.CCNc1nc(Cl)nc(NC(C)C)n1.CCc1cccc(C)c1N(C(=O)CCl)C(C)COC. The number of nitrogens with zero attached hydrogens (tertiary/aromatic N) is 7. The van der Waals surface area contributed by atoms with Crippen LogP contribution in [0.3, 0.4) is 0 Å². The predicted octanol–water partition coefficient (Wildman–Crippen LogP) is 10.3. The first-order valence-electron chi connectivity index (χ1n) is 23.3. The van der Waals surface area contributed by atoms with Gasteiger partial charge in [-0.15, -0.1) is 11.6 Å². The van der Waals surface area contributed by atoms with E-state index in [0.29, 0.717) is 46.1 Å². The summed E-state index contributed by atoms with van der Waals surface area (Å²) in [6.45, 7) is 18.9. The fourth-order valence-electron chi connectivity index (χ4n) is 7.19. The van der Waals surface area contributed by atoms with Gasteiger partial charge in [0.25, 0.3) is 11.5 Å². The Kier molecular flexibility index (Phi) is 25.1. The molecule has 0 spiro atoms. The van der Waals surface area contributed by atoms with Gasteiger partial charge in [0.05, 0.1) is 52.4 Å². The molecule has 2 amide bonds. The number of anilines is 4. The zero-order valence-corrected chi connectivity index (χ0v) is 47.0. The lowest BCUT2D eigenvalue weighted by atomic mass is 10.0. The third-order valence-electron chi connectivity index (χ3n) is 10.4. The maximum absolute atomic E-state index is 12.9. The molecule has 2 aromatic heterocycles. The zero-order chi connectivity index (χ0) is 56.5. The molecule has 6 rings (SSSR count). The van der Waals surface area contributed by atoms with Crippen LogP contribution in [0.1, 0.15) is 82.6 Å². The summed E-state index contributed by atoms with van der Waals surface area (Å²) in [5.41, 5.74) is -0.0745. The number of ether oxygens (including phenoxy) is 3. The molecule has 2 N–H and O–H groups in total. The number of esters is 1. The molecule has 410 valence electrons. The maximum atomic E-state index is 12.9. The van der Waals surface area contributed by atoms with Crippen LogP contribution in [-0.4, -0.2) is 104 Å². The fraction of sp³-hybridized carbons (Fsp3) is 0.440. The summed E-state index contributed by atoms with van der Waals surface area (Å²) in [7, 11) is 2.53. The number of amides is 2. The minimum Gasteiger partial charge on any atom is -0.489 e. The normalized spacial score (nSPS) is 13.2. The standard InChI is InChI=1S/C16H14ClF3N2O4.C15H22ClNO2.C11H11Cl2NO2.C8H14ClN5/c1-8(2)26-14(24)10-6-9(4-5-11(10)17)22-13(23)7-12(16(18,19)20)21(3)15(22)25;1-5-13-8-6-7-11(2)15(13)17(14(18)9-16)12(3)10-19-4;1-7-6-16-9-5-3-2-4-8(9)14(7)11(15)10(12)13;1-4-10-7-12-6(9)13-8(14-7)11-5(2)3/h4-8H,1-3H3;6-8,12H,5,9-10H2,1-4H3;2-5,7,10H,6H2,1H3;5H,4H2,1-3H3,(H2,10,11,12,13,14). The number of methoxy groups -OCH3 is 1. The van der Waals surface area contributed by atoms with Crippen molar-refractivity contribution >= 4 is 99.1 Å². The molecule has 0 saturated carbocycles. The van der Waals surface area contributed by atoms with Crippen molar-refractivity contribution in [2.75, 3.05) is 53.2 Å². The van der Waals surface area contributed by atoms with E-state index in [1.807, 2.05) is 77.9 Å². The summed E-state index contributed by atoms with van der Waals surface area (Å²) in [6, 6.07) is 17.5. The molecule has 0 aliphatic carbocycles. The average molecular weight is 1150 g/mol. The van der Waals surface area contributed by atoms with E-state index in [1.54, 1.807) is 30.8 Å². The van der Waals surface area contributed by atoms with Crippen LogP contribution in [0.25, 0.3) is 5.69 Å². The number of carbonyl (C=O) groups excluding carboxylic acids is 3. The zero-order valence-electron chi connectivity index (χ0n) is 43.2. The Morgan fingerprint density at radius 1 is 0.933 bits per heavy atom. The molecule has 1 aliphatic rings. The number of alkyl halides is 6. The van der Waals surface area contributed by atoms with Gasteiger partial charge >= 0.3 is 17.8 Å². The molecule has 5 aromatic rings. The van der Waals surface area contributed by atoms with Gasteiger partial charge in [-0.3, -0.25) is 19.0 Å². The molecule has 0 bridgehead atoms. The minimum atomic E-state index is -4.86. The predicted molar refractivity (Wildman–Crippen MR) is 290 cm³/mol. The summed E-state index contributed by atoms with van der Waals surface area (Å²) in [5, 5.41) is 6.24. The van der Waals surface area contributed by atoms with Crippen LogP contribution >= 0.6 is 58.0 Å². The number of hydrogen-bond donors (Lipinski definition) is 2. The van der Waals surface area contributed by atoms with Crippen LogP contribution in [0.5, 0.6) is 5.75 Å². The fourth-order valence-corrected chi connectivity index (χ4v) is 7.89. The topological polar surface area (TPSA) is 192 Å². The summed E-state index contributed by atoms with van der Waals surface area (Å²) in [5.74, 6) is 0.464. The first kappa shape index (κ1) is 63.7. The lowest BCUT2D eigenvalue weighted by Crippen LogP contribution is -2.47. The van der Waals surface area contributed by atoms with Crippen molar-refractivity contribution in [2.45, 2.75) is 104 Å². The van der Waals surface area contributed by atoms with Crippen molar-refractivity contribution in [3.05, 3.63) is 120 Å². The monoisotopic (exact) mass is 1150 g/mol. The number of aryl methyl sites for hydroxylation is 2. The van der Waals surface area contributed by atoms with Gasteiger partial charge in [0, 0.05) is 32.8 Å². The second-order valence-electron chi connectivity index (χ2n) is 17.0. The van der Waals surface area contributed by atoms with Crippen molar-refractivity contribution in [2.24, 2.45) is 7.05 Å². The number of benzene rings is 3. The van der Waals surface area contributed by atoms with Crippen LogP contribution in [0.4, 0.5) is 36.4 Å². The van der Waals surface area contributed by atoms with Crippen LogP contribution in [0.15, 0.2) is 76.3 Å². The van der Waals surface area contributed by atoms with Gasteiger partial charge in [0.1, 0.15) is 23.9 Å². The molecular formula is C50H61Cl5F3N9O8. The highest BCUT2D eigenvalue weighted by Gasteiger charge is 2.35. The van der Waals surface area contributed by atoms with Gasteiger partial charge < -0.3 is 34.6 Å². The Hall–Kier alpha value is -5.64. The third kappa shape index (κ3) is 18.0. The van der Waals surface area contributed by atoms with Crippen molar-refractivity contribution in [1.82, 2.24) is 24.1 Å². The van der Waals surface area contributed by atoms with E-state index in [1.165, 1.54) is 12.1 Å². The molecule has 1 aliphatic heterocycles. The average Bonchev–Trinajstić information content (AvgIpc) is 3.33. The number of para-hydroxylation sites is 3. The van der Waals surface area contributed by atoms with Crippen molar-refractivity contribution < 1.29 is 41.8 Å². The molecular weight excluding hydrogens is 1090 g/mol. The van der Waals surface area contributed by atoms with Crippen molar-refractivity contribution in [3.8, 4) is 11.4 Å². The number of aromatic nitrogens is 5. The van der Waals surface area contributed by atoms with Crippen molar-refractivity contribution in [3.63, 3.8) is 0 Å². The first-order valence-corrected chi connectivity index (χ1v) is 25.5. The van der Waals surface area contributed by atoms with Crippen LogP contribution in [-0.2, 0) is 38.7 Å². The second-order valence-corrected chi connectivity index (χ2v) is 19.1. The van der Waals surface area contributed by atoms with Gasteiger partial charge in [0.2, 0.25) is 23.1 Å². The quantitative estimate of drug-likeness (QED) is 0.0789. The van der Waals surface area contributed by atoms with E-state index in [9.17, 15) is 37.1 Å². The number of rotatable bonds is 14. The number of nitrogens with one attached hydrogen (secondary N) is 2. The highest BCUT2D eigenvalue weighted by atomic mass is 35.5. The Balaban J connectivity index is 0.000000271. The van der Waals surface area contributed by atoms with E-state index in [0.717, 1.165) is 48.6 Å². The van der Waals surface area contributed by atoms with Gasteiger partial charge in [-0.1, -0.05) is 72.1 Å². The highest BCUT2D eigenvalue weighted by molar-refractivity contribution is 6.54. The third-order valence-corrected chi connectivity index (χ3v) is 11.5. The number of hydrogen-bond acceptors (Lipinski definition) is 13. The van der Waals surface area contributed by atoms with E-state index in [-0.39, 0.29) is 57.4 Å². The van der Waals surface area contributed by atoms with E-state index < -0.39 is 40.0 Å². The highest BCUT2D eigenvalue weighted by Crippen LogP contribution is 2.35. The Bertz CT molecular complexity index is 2850. The molecule has 17 nitrogen and oxygen atoms in total. The summed E-state index contributed by atoms with van der Waals surface area (Å²) >= 11 is 28.7. The van der Waals surface area contributed by atoms with Gasteiger partial charge in [-0.2, -0.15) is 28.1 Å². The van der Waals surface area contributed by atoms with Crippen LogP contribution in [0.2, 0.25) is 10.3 Å². The molecule has 2 unspecified atom stereocenters. The number of fused-ring (bicyclic) bond motifs is 1. The Labute approximate surface area is 458 Å². The van der Waals surface area contributed by atoms with Gasteiger partial charge in [0.15, 0.2) is 4.84 Å². The Morgan fingerprint density at radius 3 is 2.16 bits per heavy atom. The molecule has 75 heavy (non-hydrogen) atoms. The number of carbonyl (C=O) groups is 3. The summed E-state index contributed by atoms with van der Waals surface area (Å²) in [4.78, 5) is 74.8. The lowest BCUT2D eigenvalue weighted by Gasteiger charge is -2.35. The van der Waals surface area contributed by atoms with Gasteiger partial charge in [-0.05, 0) is 115 Å². The maximum Gasteiger partial charge on any atom is 0.431 e. The largest absolute Gasteiger partial charge is 0.489 e. The molecule has 3 aromatic carbocycles. The van der Waals surface area contributed by atoms with Crippen LogP contribution in [0, 0.1) is 6.92 Å². The van der Waals surface area contributed by atoms with Gasteiger partial charge in [-0.25, -0.2) is 14.2 Å². The molecule has 25 heteroatoms. The molecule has 0 fully saturated rings. The van der Waals surface area contributed by atoms with E-state index >= 15 is 0 Å². The summed E-state index contributed by atoms with van der Waals surface area (Å²) in [6.07, 6.45) is -4.43. The minimum absolute atomic E-state index is 0.0104. The van der Waals surface area contributed by atoms with Crippen molar-refractivity contribution in [1.29, 1.82) is 0 Å². The molecule has 0 radical (unpaired) electrons. The second kappa shape index (κ2) is 29.6. The van der Waals surface area contributed by atoms with E-state index in [4.69, 9.17) is 72.2 Å². The molecule has 3 heterocycles. The lowest BCUT2D eigenvalue weighted by molar-refractivity contribution is -0.144. The smallest absolute Gasteiger partial charge is 0.431 e. The Morgan fingerprint density at radius 2 is 1.59 bits per heavy atom.